The molecule has 1 fully saturated rings. The Morgan fingerprint density at radius 3 is 3.00 bits per heavy atom. The maximum absolute atomic E-state index is 10.7. The molecule has 22 heavy (non-hydrogen) atoms. The van der Waals surface area contributed by atoms with Gasteiger partial charge < -0.3 is 20.5 Å². The van der Waals surface area contributed by atoms with Crippen LogP contribution in [-0.4, -0.2) is 61.7 Å². The van der Waals surface area contributed by atoms with E-state index in [-0.39, 0.29) is 5.92 Å². The average molecular weight is 306 g/mol. The fourth-order valence-electron chi connectivity index (χ4n) is 2.74. The molecule has 0 aliphatic carbocycles. The van der Waals surface area contributed by atoms with E-state index < -0.39 is 18.4 Å². The number of imidazole rings is 1. The standard InChI is InChI=1S/C13H18N6O3/c1-7-10(21)8(3-18(2)6-20)22-13(7)19-5-17-9-11(14)15-4-16-12(9)19/h4-8,10,13,21H,3H2,1-2H3,(H2,14,15,16)/t7?,8-,10+,13-/m1/s1. The van der Waals surface area contributed by atoms with Gasteiger partial charge in [0.25, 0.3) is 0 Å². The third kappa shape index (κ3) is 2.28. The van der Waals surface area contributed by atoms with Crippen molar-refractivity contribution in [2.45, 2.75) is 25.4 Å². The molecule has 0 aromatic carbocycles. The van der Waals surface area contributed by atoms with E-state index in [0.717, 1.165) is 0 Å². The first-order valence-electron chi connectivity index (χ1n) is 6.95. The minimum Gasteiger partial charge on any atom is -0.390 e. The average Bonchev–Trinajstić information content (AvgIpc) is 3.05. The highest BCUT2D eigenvalue weighted by Gasteiger charge is 2.42. The minimum absolute atomic E-state index is 0.182. The zero-order valence-electron chi connectivity index (χ0n) is 12.3. The lowest BCUT2D eigenvalue weighted by molar-refractivity contribution is -0.119. The predicted octanol–water partition coefficient (Wildman–Crippen LogP) is -0.609. The first kappa shape index (κ1) is 14.7. The number of aromatic nitrogens is 4. The summed E-state index contributed by atoms with van der Waals surface area (Å²) in [6.45, 7) is 2.20. The summed E-state index contributed by atoms with van der Waals surface area (Å²) in [7, 11) is 1.64. The molecule has 1 saturated heterocycles. The molecule has 2 aromatic heterocycles. The van der Waals surface area contributed by atoms with E-state index in [1.807, 2.05) is 6.92 Å². The Kier molecular flexibility index (Phi) is 3.67. The van der Waals surface area contributed by atoms with Gasteiger partial charge >= 0.3 is 0 Å². The Morgan fingerprint density at radius 1 is 1.50 bits per heavy atom. The molecule has 1 aliphatic rings. The number of aliphatic hydroxyl groups is 1. The number of rotatable bonds is 4. The molecule has 0 bridgehead atoms. The van der Waals surface area contributed by atoms with E-state index in [2.05, 4.69) is 15.0 Å². The van der Waals surface area contributed by atoms with Crippen LogP contribution in [0.5, 0.6) is 0 Å². The second-order valence-corrected chi connectivity index (χ2v) is 5.54. The van der Waals surface area contributed by atoms with Crippen molar-refractivity contribution in [2.24, 2.45) is 5.92 Å². The number of anilines is 1. The van der Waals surface area contributed by atoms with Gasteiger partial charge in [-0.15, -0.1) is 0 Å². The van der Waals surface area contributed by atoms with Crippen LogP contribution in [0.2, 0.25) is 0 Å². The highest BCUT2D eigenvalue weighted by molar-refractivity contribution is 5.81. The van der Waals surface area contributed by atoms with Crippen LogP contribution in [0, 0.1) is 5.92 Å². The lowest BCUT2D eigenvalue weighted by Gasteiger charge is -2.19. The molecule has 1 unspecified atom stereocenters. The zero-order valence-corrected chi connectivity index (χ0v) is 12.3. The monoisotopic (exact) mass is 306 g/mol. The number of amides is 1. The lowest BCUT2D eigenvalue weighted by atomic mass is 10.0. The summed E-state index contributed by atoms with van der Waals surface area (Å²) in [5.74, 6) is 0.117. The van der Waals surface area contributed by atoms with Gasteiger partial charge in [-0.05, 0) is 0 Å². The third-order valence-electron chi connectivity index (χ3n) is 3.99. The quantitative estimate of drug-likeness (QED) is 0.723. The molecule has 3 N–H and O–H groups in total. The third-order valence-corrected chi connectivity index (χ3v) is 3.99. The molecule has 118 valence electrons. The van der Waals surface area contributed by atoms with Crippen LogP contribution in [0.15, 0.2) is 12.7 Å². The molecule has 1 aliphatic heterocycles. The summed E-state index contributed by atoms with van der Waals surface area (Å²) in [5, 5.41) is 10.3. The van der Waals surface area contributed by atoms with Crippen molar-refractivity contribution in [3.05, 3.63) is 12.7 Å². The normalized spacial score (nSPS) is 28.1. The molecule has 2 aromatic rings. The molecule has 3 rings (SSSR count). The van der Waals surface area contributed by atoms with Crippen LogP contribution >= 0.6 is 0 Å². The summed E-state index contributed by atoms with van der Waals surface area (Å²) >= 11 is 0. The van der Waals surface area contributed by atoms with Gasteiger partial charge in [-0.3, -0.25) is 9.36 Å². The Morgan fingerprint density at radius 2 is 2.27 bits per heavy atom. The largest absolute Gasteiger partial charge is 0.390 e. The van der Waals surface area contributed by atoms with Crippen LogP contribution in [0.4, 0.5) is 5.82 Å². The fraction of sp³-hybridized carbons (Fsp3) is 0.538. The van der Waals surface area contributed by atoms with E-state index in [1.54, 1.807) is 17.9 Å². The molecule has 4 atom stereocenters. The Balaban J connectivity index is 1.91. The smallest absolute Gasteiger partial charge is 0.209 e. The molecule has 3 heterocycles. The molecule has 9 nitrogen and oxygen atoms in total. The van der Waals surface area contributed by atoms with Gasteiger partial charge in [0.2, 0.25) is 6.41 Å². The van der Waals surface area contributed by atoms with Crippen molar-refractivity contribution in [2.75, 3.05) is 19.3 Å². The number of hydrogen-bond donors (Lipinski definition) is 2. The number of carbonyl (C=O) groups excluding carboxylic acids is 1. The summed E-state index contributed by atoms with van der Waals surface area (Å²) in [6.07, 6.45) is 2.06. The summed E-state index contributed by atoms with van der Waals surface area (Å²) in [6, 6.07) is 0. The van der Waals surface area contributed by atoms with Gasteiger partial charge in [-0.1, -0.05) is 6.92 Å². The van der Waals surface area contributed by atoms with E-state index >= 15 is 0 Å². The van der Waals surface area contributed by atoms with Gasteiger partial charge in [0, 0.05) is 19.5 Å². The number of nitrogens with two attached hydrogens (primary N) is 1. The maximum atomic E-state index is 10.7. The Hall–Kier alpha value is -2.26. The molecule has 0 saturated carbocycles. The second kappa shape index (κ2) is 5.50. The van der Waals surface area contributed by atoms with E-state index in [0.29, 0.717) is 29.9 Å². The number of likely N-dealkylation sites (N-methyl/N-ethyl adjacent to an activating group) is 1. The van der Waals surface area contributed by atoms with Crippen LogP contribution < -0.4 is 5.73 Å². The molecule has 0 radical (unpaired) electrons. The van der Waals surface area contributed by atoms with Crippen LogP contribution in [-0.2, 0) is 9.53 Å². The van der Waals surface area contributed by atoms with Crippen molar-refractivity contribution in [3.8, 4) is 0 Å². The summed E-state index contributed by atoms with van der Waals surface area (Å²) in [4.78, 5) is 24.5. The van der Waals surface area contributed by atoms with Crippen molar-refractivity contribution in [1.29, 1.82) is 0 Å². The summed E-state index contributed by atoms with van der Waals surface area (Å²) < 4.78 is 7.66. The first-order chi connectivity index (χ1) is 10.5. The van der Waals surface area contributed by atoms with Gasteiger partial charge in [-0.2, -0.15) is 0 Å². The van der Waals surface area contributed by atoms with E-state index in [9.17, 15) is 9.90 Å². The van der Waals surface area contributed by atoms with E-state index in [4.69, 9.17) is 10.5 Å². The second-order valence-electron chi connectivity index (χ2n) is 5.54. The highest BCUT2D eigenvalue weighted by atomic mass is 16.5. The van der Waals surface area contributed by atoms with Gasteiger partial charge in [0.1, 0.15) is 24.2 Å². The molecule has 1 amide bonds. The maximum Gasteiger partial charge on any atom is 0.209 e. The van der Waals surface area contributed by atoms with Crippen molar-refractivity contribution in [1.82, 2.24) is 24.4 Å². The predicted molar refractivity (Wildman–Crippen MR) is 77.5 cm³/mol. The lowest BCUT2D eigenvalue weighted by Crippen LogP contribution is -2.35. The zero-order chi connectivity index (χ0) is 15.9. The number of hydrogen-bond acceptors (Lipinski definition) is 7. The van der Waals surface area contributed by atoms with Gasteiger partial charge in [0.15, 0.2) is 11.5 Å². The topological polar surface area (TPSA) is 119 Å². The molecular formula is C13H18N6O3. The number of nitrogens with zero attached hydrogens (tertiary/aromatic N) is 5. The Labute approximate surface area is 126 Å². The fourth-order valence-corrected chi connectivity index (χ4v) is 2.74. The Bertz CT molecular complexity index is 689. The van der Waals surface area contributed by atoms with Gasteiger partial charge in [0.05, 0.1) is 12.4 Å². The van der Waals surface area contributed by atoms with Crippen LogP contribution in [0.25, 0.3) is 11.2 Å². The van der Waals surface area contributed by atoms with Crippen molar-refractivity contribution < 1.29 is 14.6 Å². The SMILES string of the molecule is CC1[C@H](n2cnc3c(N)ncnc32)O[C@H](CN(C)C=O)[C@H]1O. The molecule has 0 spiro atoms. The number of nitrogen functional groups attached to an aromatic ring is 1. The van der Waals surface area contributed by atoms with E-state index in [1.165, 1.54) is 11.2 Å². The molecular weight excluding hydrogens is 288 g/mol. The first-order valence-corrected chi connectivity index (χ1v) is 6.95. The van der Waals surface area contributed by atoms with Crippen molar-refractivity contribution >= 4 is 23.4 Å². The van der Waals surface area contributed by atoms with Crippen molar-refractivity contribution in [3.63, 3.8) is 0 Å². The summed E-state index contributed by atoms with van der Waals surface area (Å²) in [5.41, 5.74) is 6.84. The van der Waals surface area contributed by atoms with Gasteiger partial charge in [-0.25, -0.2) is 15.0 Å². The van der Waals surface area contributed by atoms with Crippen LogP contribution in [0.1, 0.15) is 13.2 Å². The molecule has 9 heteroatoms. The minimum atomic E-state index is -0.691. The number of fused-ring (bicyclic) bond motifs is 1. The number of aliphatic hydroxyl groups excluding tert-OH is 1. The van der Waals surface area contributed by atoms with Crippen LogP contribution in [0.3, 0.4) is 0 Å². The number of ether oxygens (including phenoxy) is 1. The highest BCUT2D eigenvalue weighted by Crippen LogP contribution is 2.36. The number of carbonyl (C=O) groups is 1.